The number of nitrogens with two attached hydrogens (primary N) is 1. The van der Waals surface area contributed by atoms with E-state index in [1.165, 1.54) is 45.6 Å². The predicted molar refractivity (Wildman–Crippen MR) is 88.6 cm³/mol. The quantitative estimate of drug-likeness (QED) is 0.898. The van der Waals surface area contributed by atoms with Gasteiger partial charge in [-0.2, -0.15) is 0 Å². The molecule has 21 heavy (non-hydrogen) atoms. The summed E-state index contributed by atoms with van der Waals surface area (Å²) in [5, 5.41) is 0. The fourth-order valence-corrected chi connectivity index (χ4v) is 3.74. The van der Waals surface area contributed by atoms with Gasteiger partial charge in [0.05, 0.1) is 0 Å². The first-order chi connectivity index (χ1) is 10.3. The van der Waals surface area contributed by atoms with Gasteiger partial charge in [-0.15, -0.1) is 0 Å². The number of hydrogen-bond donors (Lipinski definition) is 1. The zero-order valence-electron chi connectivity index (χ0n) is 13.3. The van der Waals surface area contributed by atoms with Crippen molar-refractivity contribution in [2.75, 3.05) is 45.8 Å². The third-order valence-corrected chi connectivity index (χ3v) is 5.09. The van der Waals surface area contributed by atoms with E-state index in [2.05, 4.69) is 41.0 Å². The van der Waals surface area contributed by atoms with Crippen LogP contribution in [-0.2, 0) is 6.42 Å². The average Bonchev–Trinajstić information content (AvgIpc) is 2.70. The minimum Gasteiger partial charge on any atom is -0.330 e. The van der Waals surface area contributed by atoms with E-state index >= 15 is 0 Å². The fraction of sp³-hybridized carbons (Fsp3) is 0.667. The first kappa shape index (κ1) is 15.0. The van der Waals surface area contributed by atoms with Gasteiger partial charge in [-0.1, -0.05) is 31.2 Å². The molecule has 0 bridgehead atoms. The molecule has 3 rings (SSSR count). The highest BCUT2D eigenvalue weighted by Gasteiger charge is 2.28. The van der Waals surface area contributed by atoms with E-state index < -0.39 is 0 Å². The van der Waals surface area contributed by atoms with Crippen LogP contribution in [0, 0.1) is 5.92 Å². The van der Waals surface area contributed by atoms with Gasteiger partial charge in [0.1, 0.15) is 0 Å². The van der Waals surface area contributed by atoms with E-state index in [1.54, 1.807) is 11.1 Å². The first-order valence-corrected chi connectivity index (χ1v) is 8.49. The number of hydrogen-bond acceptors (Lipinski definition) is 3. The van der Waals surface area contributed by atoms with Gasteiger partial charge >= 0.3 is 0 Å². The second-order valence-electron chi connectivity index (χ2n) is 6.90. The molecule has 2 aliphatic rings. The molecule has 0 amide bonds. The molecule has 1 aromatic rings. The lowest BCUT2D eigenvalue weighted by Crippen LogP contribution is -2.37. The van der Waals surface area contributed by atoms with Gasteiger partial charge in [-0.05, 0) is 49.5 Å². The maximum atomic E-state index is 5.76. The summed E-state index contributed by atoms with van der Waals surface area (Å²) < 4.78 is 0. The Balaban J connectivity index is 1.48. The van der Waals surface area contributed by atoms with E-state index in [0.717, 1.165) is 19.0 Å². The molecule has 0 spiro atoms. The zero-order valence-corrected chi connectivity index (χ0v) is 13.3. The molecule has 1 fully saturated rings. The van der Waals surface area contributed by atoms with E-state index in [-0.39, 0.29) is 0 Å². The maximum absolute atomic E-state index is 5.76. The Kier molecular flexibility index (Phi) is 4.94. The lowest BCUT2D eigenvalue weighted by atomic mass is 9.77. The average molecular weight is 287 g/mol. The summed E-state index contributed by atoms with van der Waals surface area (Å²) >= 11 is 0. The summed E-state index contributed by atoms with van der Waals surface area (Å²) in [6.45, 7) is 10.4. The molecule has 3 heteroatoms. The Bertz CT molecular complexity index is 460. The van der Waals surface area contributed by atoms with Crippen LogP contribution in [0.25, 0.3) is 0 Å². The number of benzene rings is 1. The van der Waals surface area contributed by atoms with Crippen LogP contribution in [0.1, 0.15) is 30.4 Å². The van der Waals surface area contributed by atoms with Crippen molar-refractivity contribution in [3.63, 3.8) is 0 Å². The fourth-order valence-electron chi connectivity index (χ4n) is 3.74. The van der Waals surface area contributed by atoms with E-state index in [4.69, 9.17) is 5.73 Å². The number of nitrogens with zero attached hydrogens (tertiary/aromatic N) is 2. The largest absolute Gasteiger partial charge is 0.330 e. The van der Waals surface area contributed by atoms with Crippen LogP contribution < -0.4 is 5.73 Å². The molecule has 3 nitrogen and oxygen atoms in total. The molecule has 2 unspecified atom stereocenters. The summed E-state index contributed by atoms with van der Waals surface area (Å²) in [6, 6.07) is 8.95. The normalized spacial score (nSPS) is 25.0. The second-order valence-corrected chi connectivity index (χ2v) is 6.90. The molecule has 0 aromatic heterocycles. The van der Waals surface area contributed by atoms with Crippen LogP contribution in [0.5, 0.6) is 0 Å². The van der Waals surface area contributed by atoms with Gasteiger partial charge < -0.3 is 15.5 Å². The van der Waals surface area contributed by atoms with Crippen molar-refractivity contribution in [2.45, 2.75) is 25.7 Å². The van der Waals surface area contributed by atoms with Gasteiger partial charge in [0, 0.05) is 32.1 Å². The number of rotatable bonds is 5. The molecule has 1 saturated heterocycles. The standard InChI is InChI=1S/C18H29N3/c1-15(12-19)13-20-7-4-8-21(10-9-20)14-17-11-16-5-2-3-6-18(16)17/h2-3,5-6,15,17H,4,7-14,19H2,1H3. The van der Waals surface area contributed by atoms with Crippen LogP contribution in [0.2, 0.25) is 0 Å². The van der Waals surface area contributed by atoms with Crippen molar-refractivity contribution in [1.82, 2.24) is 9.80 Å². The Labute approximate surface area is 129 Å². The summed E-state index contributed by atoms with van der Waals surface area (Å²) in [7, 11) is 0. The summed E-state index contributed by atoms with van der Waals surface area (Å²) in [6.07, 6.45) is 2.58. The summed E-state index contributed by atoms with van der Waals surface area (Å²) in [5.74, 6) is 1.39. The monoisotopic (exact) mass is 287 g/mol. The third-order valence-electron chi connectivity index (χ3n) is 5.09. The Morgan fingerprint density at radius 1 is 1.14 bits per heavy atom. The number of fused-ring (bicyclic) bond motifs is 1. The molecule has 1 aromatic carbocycles. The highest BCUT2D eigenvalue weighted by Crippen LogP contribution is 2.35. The smallest absolute Gasteiger partial charge is 0.0110 e. The zero-order chi connectivity index (χ0) is 14.7. The molecular formula is C18H29N3. The van der Waals surface area contributed by atoms with Crippen molar-refractivity contribution in [1.29, 1.82) is 0 Å². The van der Waals surface area contributed by atoms with Crippen LogP contribution >= 0.6 is 0 Å². The first-order valence-electron chi connectivity index (χ1n) is 8.49. The van der Waals surface area contributed by atoms with E-state index in [1.807, 2.05) is 0 Å². The molecule has 2 atom stereocenters. The topological polar surface area (TPSA) is 32.5 Å². The van der Waals surface area contributed by atoms with Crippen molar-refractivity contribution < 1.29 is 0 Å². The van der Waals surface area contributed by atoms with Crippen molar-refractivity contribution in [3.05, 3.63) is 35.4 Å². The van der Waals surface area contributed by atoms with Crippen LogP contribution in [0.15, 0.2) is 24.3 Å². The highest BCUT2D eigenvalue weighted by atomic mass is 15.2. The van der Waals surface area contributed by atoms with Crippen molar-refractivity contribution in [2.24, 2.45) is 11.7 Å². The minimum absolute atomic E-state index is 0.620. The Hall–Kier alpha value is -0.900. The van der Waals surface area contributed by atoms with Gasteiger partial charge in [0.2, 0.25) is 0 Å². The molecule has 116 valence electrons. The Morgan fingerprint density at radius 2 is 1.90 bits per heavy atom. The molecular weight excluding hydrogens is 258 g/mol. The third kappa shape index (κ3) is 3.65. The van der Waals surface area contributed by atoms with Crippen LogP contribution in [0.3, 0.4) is 0 Å². The summed E-state index contributed by atoms with van der Waals surface area (Å²) in [5.41, 5.74) is 8.91. The highest BCUT2D eigenvalue weighted by molar-refractivity contribution is 5.40. The van der Waals surface area contributed by atoms with Crippen molar-refractivity contribution in [3.8, 4) is 0 Å². The molecule has 0 saturated carbocycles. The van der Waals surface area contributed by atoms with Crippen molar-refractivity contribution >= 4 is 0 Å². The van der Waals surface area contributed by atoms with Crippen LogP contribution in [0.4, 0.5) is 0 Å². The maximum Gasteiger partial charge on any atom is 0.0110 e. The second kappa shape index (κ2) is 6.91. The summed E-state index contributed by atoms with van der Waals surface area (Å²) in [4.78, 5) is 5.28. The lowest BCUT2D eigenvalue weighted by Gasteiger charge is -2.34. The van der Waals surface area contributed by atoms with Gasteiger partial charge in [-0.25, -0.2) is 0 Å². The SMILES string of the molecule is CC(CN)CN1CCCN(CC2Cc3ccccc32)CC1. The van der Waals surface area contributed by atoms with E-state index in [0.29, 0.717) is 5.92 Å². The molecule has 1 aliphatic carbocycles. The lowest BCUT2D eigenvalue weighted by molar-refractivity contribution is 0.226. The Morgan fingerprint density at radius 3 is 2.71 bits per heavy atom. The molecule has 0 radical (unpaired) electrons. The molecule has 1 heterocycles. The predicted octanol–water partition coefficient (Wildman–Crippen LogP) is 1.93. The molecule has 1 aliphatic heterocycles. The van der Waals surface area contributed by atoms with E-state index in [9.17, 15) is 0 Å². The van der Waals surface area contributed by atoms with Gasteiger partial charge in [0.25, 0.3) is 0 Å². The van der Waals surface area contributed by atoms with Gasteiger partial charge in [0.15, 0.2) is 0 Å². The van der Waals surface area contributed by atoms with Gasteiger partial charge in [-0.3, -0.25) is 0 Å². The minimum atomic E-state index is 0.620. The molecule has 2 N–H and O–H groups in total. The van der Waals surface area contributed by atoms with Crippen LogP contribution in [-0.4, -0.2) is 55.6 Å².